The number of ether oxygens (including phenoxy) is 1. The summed E-state index contributed by atoms with van der Waals surface area (Å²) in [5, 5.41) is 0. The van der Waals surface area contributed by atoms with Crippen molar-refractivity contribution in [3.05, 3.63) is 65.5 Å². The SMILES string of the molecule is C[C@@H](N)c1ccccc1OCc1ccccc1F. The van der Waals surface area contributed by atoms with E-state index in [2.05, 4.69) is 0 Å². The maximum atomic E-state index is 13.4. The van der Waals surface area contributed by atoms with Crippen LogP contribution in [0, 0.1) is 5.82 Å². The second-order valence-electron chi connectivity index (χ2n) is 4.21. The number of hydrogen-bond acceptors (Lipinski definition) is 2. The summed E-state index contributed by atoms with van der Waals surface area (Å²) in [6.07, 6.45) is 0. The van der Waals surface area contributed by atoms with Gasteiger partial charge in [-0.15, -0.1) is 0 Å². The van der Waals surface area contributed by atoms with Crippen LogP contribution in [0.5, 0.6) is 5.75 Å². The summed E-state index contributed by atoms with van der Waals surface area (Å²) in [6.45, 7) is 2.10. The predicted octanol–water partition coefficient (Wildman–Crippen LogP) is 3.42. The van der Waals surface area contributed by atoms with Gasteiger partial charge in [0.15, 0.2) is 0 Å². The standard InChI is InChI=1S/C15H16FNO/c1-11(17)13-7-3-5-9-15(13)18-10-12-6-2-4-8-14(12)16/h2-9,11H,10,17H2,1H3/t11-/m1/s1. The summed E-state index contributed by atoms with van der Waals surface area (Å²) in [6, 6.07) is 14.0. The second-order valence-corrected chi connectivity index (χ2v) is 4.21. The van der Waals surface area contributed by atoms with Gasteiger partial charge in [-0.3, -0.25) is 0 Å². The van der Waals surface area contributed by atoms with Gasteiger partial charge < -0.3 is 10.5 Å². The molecule has 2 nitrogen and oxygen atoms in total. The Balaban J connectivity index is 2.14. The van der Waals surface area contributed by atoms with Crippen molar-refractivity contribution in [2.75, 3.05) is 0 Å². The molecule has 2 rings (SSSR count). The highest BCUT2D eigenvalue weighted by molar-refractivity contribution is 5.35. The van der Waals surface area contributed by atoms with E-state index in [0.717, 1.165) is 5.56 Å². The molecule has 2 aromatic carbocycles. The van der Waals surface area contributed by atoms with Crippen LogP contribution in [-0.2, 0) is 6.61 Å². The van der Waals surface area contributed by atoms with E-state index in [1.807, 2.05) is 31.2 Å². The van der Waals surface area contributed by atoms with Gasteiger partial charge >= 0.3 is 0 Å². The zero-order valence-electron chi connectivity index (χ0n) is 10.3. The lowest BCUT2D eigenvalue weighted by Gasteiger charge is -2.14. The molecule has 0 unspecified atom stereocenters. The van der Waals surface area contributed by atoms with Crippen LogP contribution < -0.4 is 10.5 Å². The van der Waals surface area contributed by atoms with Crippen molar-refractivity contribution in [1.82, 2.24) is 0 Å². The molecule has 18 heavy (non-hydrogen) atoms. The molecule has 0 saturated heterocycles. The fourth-order valence-corrected chi connectivity index (χ4v) is 1.76. The van der Waals surface area contributed by atoms with Crippen molar-refractivity contribution in [1.29, 1.82) is 0 Å². The third-order valence-corrected chi connectivity index (χ3v) is 2.75. The fourth-order valence-electron chi connectivity index (χ4n) is 1.76. The van der Waals surface area contributed by atoms with Gasteiger partial charge in [0.1, 0.15) is 18.2 Å². The summed E-state index contributed by atoms with van der Waals surface area (Å²) in [4.78, 5) is 0. The normalized spacial score (nSPS) is 12.2. The average Bonchev–Trinajstić information content (AvgIpc) is 2.38. The Morgan fingerprint density at radius 2 is 1.78 bits per heavy atom. The topological polar surface area (TPSA) is 35.2 Å². The zero-order valence-corrected chi connectivity index (χ0v) is 10.3. The summed E-state index contributed by atoms with van der Waals surface area (Å²) in [7, 11) is 0. The molecule has 0 spiro atoms. The van der Waals surface area contributed by atoms with E-state index >= 15 is 0 Å². The molecule has 0 aliphatic carbocycles. The van der Waals surface area contributed by atoms with Gasteiger partial charge in [-0.25, -0.2) is 4.39 Å². The maximum Gasteiger partial charge on any atom is 0.129 e. The van der Waals surface area contributed by atoms with Gasteiger partial charge in [0, 0.05) is 17.2 Å². The molecule has 3 heteroatoms. The van der Waals surface area contributed by atoms with E-state index in [-0.39, 0.29) is 18.5 Å². The molecule has 0 bridgehead atoms. The Kier molecular flexibility index (Phi) is 3.95. The lowest BCUT2D eigenvalue weighted by Crippen LogP contribution is -2.08. The minimum Gasteiger partial charge on any atom is -0.488 e. The van der Waals surface area contributed by atoms with Crippen LogP contribution in [0.3, 0.4) is 0 Å². The van der Waals surface area contributed by atoms with Crippen LogP contribution in [0.1, 0.15) is 24.1 Å². The molecule has 2 aromatic rings. The molecule has 0 aliphatic heterocycles. The highest BCUT2D eigenvalue weighted by Gasteiger charge is 2.08. The first kappa shape index (κ1) is 12.6. The molecule has 1 atom stereocenters. The Hall–Kier alpha value is -1.87. The van der Waals surface area contributed by atoms with Gasteiger partial charge in [-0.05, 0) is 19.1 Å². The van der Waals surface area contributed by atoms with E-state index in [1.165, 1.54) is 6.07 Å². The number of benzene rings is 2. The highest BCUT2D eigenvalue weighted by Crippen LogP contribution is 2.24. The first-order chi connectivity index (χ1) is 8.68. The Labute approximate surface area is 106 Å². The van der Waals surface area contributed by atoms with Gasteiger partial charge in [-0.1, -0.05) is 36.4 Å². The molecule has 0 aromatic heterocycles. The van der Waals surface area contributed by atoms with Crippen LogP contribution in [0.25, 0.3) is 0 Å². The fraction of sp³-hybridized carbons (Fsp3) is 0.200. The van der Waals surface area contributed by atoms with E-state index in [9.17, 15) is 4.39 Å². The van der Waals surface area contributed by atoms with Gasteiger partial charge in [0.05, 0.1) is 0 Å². The van der Waals surface area contributed by atoms with E-state index < -0.39 is 0 Å². The van der Waals surface area contributed by atoms with Crippen LogP contribution in [0.4, 0.5) is 4.39 Å². The molecule has 0 amide bonds. The Morgan fingerprint density at radius 1 is 1.11 bits per heavy atom. The molecule has 0 heterocycles. The van der Waals surface area contributed by atoms with Crippen molar-refractivity contribution < 1.29 is 9.13 Å². The summed E-state index contributed by atoms with van der Waals surface area (Å²) in [5.74, 6) is 0.450. The Bertz CT molecular complexity index is 525. The predicted molar refractivity (Wildman–Crippen MR) is 69.8 cm³/mol. The lowest BCUT2D eigenvalue weighted by atomic mass is 10.1. The van der Waals surface area contributed by atoms with E-state index in [1.54, 1.807) is 18.2 Å². The second kappa shape index (κ2) is 5.65. The number of nitrogens with two attached hydrogens (primary N) is 1. The largest absolute Gasteiger partial charge is 0.488 e. The Morgan fingerprint density at radius 3 is 2.50 bits per heavy atom. The minimum absolute atomic E-state index is 0.109. The van der Waals surface area contributed by atoms with E-state index in [4.69, 9.17) is 10.5 Å². The number of hydrogen-bond donors (Lipinski definition) is 1. The van der Waals surface area contributed by atoms with Crippen molar-refractivity contribution in [3.8, 4) is 5.75 Å². The average molecular weight is 245 g/mol. The maximum absolute atomic E-state index is 13.4. The van der Waals surface area contributed by atoms with Crippen LogP contribution in [0.2, 0.25) is 0 Å². The van der Waals surface area contributed by atoms with Crippen molar-refractivity contribution in [2.45, 2.75) is 19.6 Å². The number of para-hydroxylation sites is 1. The minimum atomic E-state index is -0.254. The molecular formula is C15H16FNO. The lowest BCUT2D eigenvalue weighted by molar-refractivity contribution is 0.295. The van der Waals surface area contributed by atoms with Crippen molar-refractivity contribution in [2.24, 2.45) is 5.73 Å². The number of rotatable bonds is 4. The zero-order chi connectivity index (χ0) is 13.0. The van der Waals surface area contributed by atoms with Crippen molar-refractivity contribution in [3.63, 3.8) is 0 Å². The van der Waals surface area contributed by atoms with Gasteiger partial charge in [0.2, 0.25) is 0 Å². The summed E-state index contributed by atoms with van der Waals surface area (Å²) < 4.78 is 19.1. The molecule has 0 saturated carbocycles. The quantitative estimate of drug-likeness (QED) is 0.895. The molecule has 94 valence electrons. The summed E-state index contributed by atoms with van der Waals surface area (Å²) in [5.41, 5.74) is 7.32. The van der Waals surface area contributed by atoms with Crippen LogP contribution in [0.15, 0.2) is 48.5 Å². The van der Waals surface area contributed by atoms with Crippen LogP contribution in [-0.4, -0.2) is 0 Å². The van der Waals surface area contributed by atoms with Gasteiger partial charge in [-0.2, -0.15) is 0 Å². The first-order valence-electron chi connectivity index (χ1n) is 5.89. The molecule has 0 aliphatic rings. The van der Waals surface area contributed by atoms with Gasteiger partial charge in [0.25, 0.3) is 0 Å². The highest BCUT2D eigenvalue weighted by atomic mass is 19.1. The monoisotopic (exact) mass is 245 g/mol. The van der Waals surface area contributed by atoms with Crippen molar-refractivity contribution >= 4 is 0 Å². The van der Waals surface area contributed by atoms with Crippen LogP contribution >= 0.6 is 0 Å². The molecule has 0 radical (unpaired) electrons. The summed E-state index contributed by atoms with van der Waals surface area (Å²) >= 11 is 0. The van der Waals surface area contributed by atoms with E-state index in [0.29, 0.717) is 11.3 Å². The molecule has 2 N–H and O–H groups in total. The number of halogens is 1. The first-order valence-corrected chi connectivity index (χ1v) is 5.89. The smallest absolute Gasteiger partial charge is 0.129 e. The molecular weight excluding hydrogens is 229 g/mol. The third kappa shape index (κ3) is 2.87. The molecule has 0 fully saturated rings. The third-order valence-electron chi connectivity index (χ3n) is 2.75.